The molecule has 0 saturated carbocycles. The Bertz CT molecular complexity index is 1310. The van der Waals surface area contributed by atoms with Crippen LogP contribution in [0.4, 0.5) is 0 Å². The van der Waals surface area contributed by atoms with Crippen molar-refractivity contribution in [1.82, 2.24) is 19.2 Å². The van der Waals surface area contributed by atoms with Gasteiger partial charge in [-0.3, -0.25) is 4.79 Å². The number of fused-ring (bicyclic) bond motifs is 1. The first kappa shape index (κ1) is 20.9. The smallest absolute Gasteiger partial charge is 0.255 e. The van der Waals surface area contributed by atoms with Gasteiger partial charge in [0.25, 0.3) is 5.91 Å². The van der Waals surface area contributed by atoms with Gasteiger partial charge in [0.1, 0.15) is 13.2 Å². The topological polar surface area (TPSA) is 61.5 Å². The Kier molecular flexibility index (Phi) is 5.38. The molecule has 0 spiro atoms. The van der Waals surface area contributed by atoms with E-state index in [0.29, 0.717) is 25.3 Å². The highest BCUT2D eigenvalue weighted by atomic mass is 16.6. The van der Waals surface area contributed by atoms with Crippen molar-refractivity contribution in [3.8, 4) is 22.9 Å². The van der Waals surface area contributed by atoms with Crippen molar-refractivity contribution in [2.24, 2.45) is 0 Å². The lowest BCUT2D eigenvalue weighted by atomic mass is 10.2. The average Bonchev–Trinajstić information content (AvgIpc) is 3.42. The first-order chi connectivity index (χ1) is 16.0. The Hall–Kier alpha value is -4.00. The lowest BCUT2D eigenvalue weighted by Crippen LogP contribution is -2.26. The largest absolute Gasteiger partial charge is 0.486 e. The average molecular weight is 443 g/mol. The summed E-state index contributed by atoms with van der Waals surface area (Å²) in [5, 5.41) is 4.43. The Morgan fingerprint density at radius 2 is 1.76 bits per heavy atom. The molecule has 0 bridgehead atoms. The predicted molar refractivity (Wildman–Crippen MR) is 126 cm³/mol. The van der Waals surface area contributed by atoms with Gasteiger partial charge < -0.3 is 18.9 Å². The maximum absolute atomic E-state index is 13.3. The molecule has 2 aromatic heterocycles. The van der Waals surface area contributed by atoms with Crippen LogP contribution in [0.5, 0.6) is 11.5 Å². The van der Waals surface area contributed by atoms with E-state index in [4.69, 9.17) is 9.47 Å². The number of ether oxygens (including phenoxy) is 2. The van der Waals surface area contributed by atoms with Gasteiger partial charge >= 0.3 is 0 Å². The van der Waals surface area contributed by atoms with Crippen LogP contribution in [0.2, 0.25) is 0 Å². The molecule has 0 unspecified atom stereocenters. The summed E-state index contributed by atoms with van der Waals surface area (Å²) in [6.07, 6.45) is 3.76. The van der Waals surface area contributed by atoms with Crippen LogP contribution >= 0.6 is 0 Å². The number of rotatable bonds is 5. The predicted octanol–water partition coefficient (Wildman–Crippen LogP) is 4.32. The van der Waals surface area contributed by atoms with Crippen molar-refractivity contribution >= 4 is 5.91 Å². The number of amides is 1. The second kappa shape index (κ2) is 8.50. The summed E-state index contributed by atoms with van der Waals surface area (Å²) in [5.41, 5.74) is 5.45. The molecule has 0 atom stereocenters. The number of hydrogen-bond donors (Lipinski definition) is 0. The molecule has 168 valence electrons. The minimum Gasteiger partial charge on any atom is -0.486 e. The standard InChI is InChI=1S/C26H26N4O3/c1-18-13-23(19(2)30(18)22-9-10-24-25(14-22)33-12-11-32-24)26(31)28(3)16-20-15-27-29(17-20)21-7-5-4-6-8-21/h4-10,13-15,17H,11-12,16H2,1-3H3. The number of aryl methyl sites for hydroxylation is 1. The summed E-state index contributed by atoms with van der Waals surface area (Å²) in [5.74, 6) is 1.45. The minimum atomic E-state index is -0.0284. The van der Waals surface area contributed by atoms with Crippen LogP contribution in [0.15, 0.2) is 67.0 Å². The number of para-hydroxylation sites is 1. The molecule has 5 rings (SSSR count). The fourth-order valence-electron chi connectivity index (χ4n) is 4.26. The third-order valence-electron chi connectivity index (χ3n) is 5.87. The maximum Gasteiger partial charge on any atom is 0.255 e. The molecule has 0 N–H and O–H groups in total. The second-order valence-corrected chi connectivity index (χ2v) is 8.24. The molecule has 4 aromatic rings. The number of hydrogen-bond acceptors (Lipinski definition) is 4. The summed E-state index contributed by atoms with van der Waals surface area (Å²) in [7, 11) is 1.82. The van der Waals surface area contributed by atoms with Crippen molar-refractivity contribution in [3.05, 3.63) is 89.5 Å². The molecule has 1 aliphatic heterocycles. The first-order valence-electron chi connectivity index (χ1n) is 10.9. The lowest BCUT2D eigenvalue weighted by molar-refractivity contribution is 0.0784. The molecule has 33 heavy (non-hydrogen) atoms. The highest BCUT2D eigenvalue weighted by Gasteiger charge is 2.21. The summed E-state index contributed by atoms with van der Waals surface area (Å²) in [6, 6.07) is 17.7. The first-order valence-corrected chi connectivity index (χ1v) is 10.9. The van der Waals surface area contributed by atoms with Gasteiger partial charge in [-0.05, 0) is 44.2 Å². The van der Waals surface area contributed by atoms with Crippen molar-refractivity contribution < 1.29 is 14.3 Å². The van der Waals surface area contributed by atoms with Gasteiger partial charge in [0.05, 0.1) is 17.4 Å². The minimum absolute atomic E-state index is 0.0284. The Labute approximate surface area is 192 Å². The zero-order valence-electron chi connectivity index (χ0n) is 19.0. The zero-order valence-corrected chi connectivity index (χ0v) is 19.0. The maximum atomic E-state index is 13.3. The summed E-state index contributed by atoms with van der Waals surface area (Å²) in [6.45, 7) is 5.54. The second-order valence-electron chi connectivity index (χ2n) is 8.24. The molecule has 3 heterocycles. The van der Waals surface area contributed by atoms with Crippen molar-refractivity contribution in [2.75, 3.05) is 20.3 Å². The Balaban J connectivity index is 1.37. The molecule has 0 saturated heterocycles. The van der Waals surface area contributed by atoms with E-state index < -0.39 is 0 Å². The quantitative estimate of drug-likeness (QED) is 0.462. The van der Waals surface area contributed by atoms with E-state index in [9.17, 15) is 4.79 Å². The zero-order chi connectivity index (χ0) is 22.9. The lowest BCUT2D eigenvalue weighted by Gasteiger charge is -2.20. The molecule has 7 heteroatoms. The molecule has 2 aromatic carbocycles. The number of carbonyl (C=O) groups excluding carboxylic acids is 1. The molecule has 1 amide bonds. The van der Waals surface area contributed by atoms with Gasteiger partial charge in [-0.25, -0.2) is 4.68 Å². The van der Waals surface area contributed by atoms with Crippen LogP contribution in [-0.4, -0.2) is 45.4 Å². The molecule has 7 nitrogen and oxygen atoms in total. The van der Waals surface area contributed by atoms with Crippen molar-refractivity contribution in [2.45, 2.75) is 20.4 Å². The fourth-order valence-corrected chi connectivity index (χ4v) is 4.26. The third-order valence-corrected chi connectivity index (χ3v) is 5.87. The normalized spacial score (nSPS) is 12.6. The highest BCUT2D eigenvalue weighted by molar-refractivity contribution is 5.95. The molecular formula is C26H26N4O3. The van der Waals surface area contributed by atoms with Crippen LogP contribution in [0.3, 0.4) is 0 Å². The Morgan fingerprint density at radius 3 is 2.55 bits per heavy atom. The highest BCUT2D eigenvalue weighted by Crippen LogP contribution is 2.33. The number of aromatic nitrogens is 3. The van der Waals surface area contributed by atoms with Crippen LogP contribution in [0.25, 0.3) is 11.4 Å². The van der Waals surface area contributed by atoms with E-state index in [1.807, 2.05) is 86.4 Å². The third kappa shape index (κ3) is 3.98. The van der Waals surface area contributed by atoms with Crippen LogP contribution < -0.4 is 9.47 Å². The van der Waals surface area contributed by atoms with Crippen molar-refractivity contribution in [3.63, 3.8) is 0 Å². The molecular weight excluding hydrogens is 416 g/mol. The van der Waals surface area contributed by atoms with E-state index in [1.54, 1.807) is 11.1 Å². The summed E-state index contributed by atoms with van der Waals surface area (Å²) in [4.78, 5) is 15.0. The molecule has 0 radical (unpaired) electrons. The van der Waals surface area contributed by atoms with Crippen LogP contribution in [0, 0.1) is 13.8 Å². The van der Waals surface area contributed by atoms with Crippen LogP contribution in [0.1, 0.15) is 27.3 Å². The van der Waals surface area contributed by atoms with E-state index in [0.717, 1.165) is 39.8 Å². The van der Waals surface area contributed by atoms with E-state index in [-0.39, 0.29) is 5.91 Å². The number of nitrogens with zero attached hydrogens (tertiary/aromatic N) is 4. The summed E-state index contributed by atoms with van der Waals surface area (Å²) < 4.78 is 15.3. The number of carbonyl (C=O) groups is 1. The van der Waals surface area contributed by atoms with Gasteiger partial charge in [0.2, 0.25) is 0 Å². The van der Waals surface area contributed by atoms with E-state index >= 15 is 0 Å². The van der Waals surface area contributed by atoms with E-state index in [2.05, 4.69) is 9.67 Å². The summed E-state index contributed by atoms with van der Waals surface area (Å²) >= 11 is 0. The van der Waals surface area contributed by atoms with Gasteiger partial charge in [-0.1, -0.05) is 18.2 Å². The Morgan fingerprint density at radius 1 is 1.00 bits per heavy atom. The monoisotopic (exact) mass is 442 g/mol. The molecule has 1 aliphatic rings. The molecule has 0 aliphatic carbocycles. The van der Waals surface area contributed by atoms with Crippen LogP contribution in [-0.2, 0) is 6.54 Å². The van der Waals surface area contributed by atoms with Gasteiger partial charge in [-0.15, -0.1) is 0 Å². The number of benzene rings is 2. The van der Waals surface area contributed by atoms with E-state index in [1.165, 1.54) is 0 Å². The van der Waals surface area contributed by atoms with Gasteiger partial charge in [0, 0.05) is 48.5 Å². The van der Waals surface area contributed by atoms with Gasteiger partial charge in [0.15, 0.2) is 11.5 Å². The van der Waals surface area contributed by atoms with Gasteiger partial charge in [-0.2, -0.15) is 5.10 Å². The van der Waals surface area contributed by atoms with Crippen molar-refractivity contribution in [1.29, 1.82) is 0 Å². The molecule has 0 fully saturated rings. The SMILES string of the molecule is Cc1cc(C(=O)N(C)Cc2cnn(-c3ccccc3)c2)c(C)n1-c1ccc2c(c1)OCCO2. The fraction of sp³-hybridized carbons (Fsp3) is 0.231.